The number of nitrogens with two attached hydrogens (primary N) is 1. The molecule has 0 radical (unpaired) electrons. The van der Waals surface area contributed by atoms with Crippen LogP contribution in [0.4, 0.5) is 0 Å². The molecule has 2 fully saturated rings. The summed E-state index contributed by atoms with van der Waals surface area (Å²) >= 11 is 0. The summed E-state index contributed by atoms with van der Waals surface area (Å²) in [5, 5.41) is 0. The minimum absolute atomic E-state index is 0.576. The van der Waals surface area contributed by atoms with Gasteiger partial charge in [0.05, 0.1) is 0 Å². The smallest absolute Gasteiger partial charge is 0.0267 e. The molecule has 0 aromatic carbocycles. The molecule has 2 aliphatic rings. The lowest BCUT2D eigenvalue weighted by Crippen LogP contribution is -2.48. The molecule has 0 aromatic heterocycles. The molecule has 2 nitrogen and oxygen atoms in total. The predicted octanol–water partition coefficient (Wildman–Crippen LogP) is 3.72. The van der Waals surface area contributed by atoms with E-state index in [1.54, 1.807) is 0 Å². The number of hydrazine groups is 1. The van der Waals surface area contributed by atoms with Gasteiger partial charge in [0.15, 0.2) is 0 Å². The first-order valence-electron chi connectivity index (χ1n) is 8.08. The highest BCUT2D eigenvalue weighted by atomic mass is 15.2. The minimum Gasteiger partial charge on any atom is -0.271 e. The fraction of sp³-hybridized carbons (Fsp3) is 1.00. The molecule has 0 spiro atoms. The van der Waals surface area contributed by atoms with Crippen LogP contribution < -0.4 is 11.3 Å². The summed E-state index contributed by atoms with van der Waals surface area (Å²) in [6.07, 6.45) is 9.73. The first kappa shape index (κ1) is 14.3. The summed E-state index contributed by atoms with van der Waals surface area (Å²) in [7, 11) is 0. The maximum atomic E-state index is 5.90. The Morgan fingerprint density at radius 2 is 1.44 bits per heavy atom. The molecule has 2 aliphatic carbocycles. The summed E-state index contributed by atoms with van der Waals surface area (Å²) in [5.41, 5.74) is 3.19. The molecule has 2 rings (SSSR count). The molecule has 0 heterocycles. The maximum absolute atomic E-state index is 5.90. The fourth-order valence-electron chi connectivity index (χ4n) is 4.22. The normalized spacial score (nSPS) is 43.7. The van der Waals surface area contributed by atoms with Crippen molar-refractivity contribution in [3.8, 4) is 0 Å². The van der Waals surface area contributed by atoms with E-state index in [4.69, 9.17) is 5.84 Å². The molecule has 106 valence electrons. The summed E-state index contributed by atoms with van der Waals surface area (Å²) < 4.78 is 0. The summed E-state index contributed by atoms with van der Waals surface area (Å²) in [5.74, 6) is 10.3. The zero-order valence-corrected chi connectivity index (χ0v) is 12.5. The van der Waals surface area contributed by atoms with Crippen LogP contribution in [-0.4, -0.2) is 6.04 Å². The van der Waals surface area contributed by atoms with Crippen molar-refractivity contribution in [3.05, 3.63) is 0 Å². The molecule has 18 heavy (non-hydrogen) atoms. The molecule has 0 bridgehead atoms. The molecule has 2 saturated carbocycles. The highest BCUT2D eigenvalue weighted by molar-refractivity contribution is 4.88. The molecule has 0 aliphatic heterocycles. The Balaban J connectivity index is 1.92. The van der Waals surface area contributed by atoms with Crippen molar-refractivity contribution < 1.29 is 0 Å². The van der Waals surface area contributed by atoms with Crippen molar-refractivity contribution in [2.45, 2.75) is 71.8 Å². The second-order valence-corrected chi connectivity index (χ2v) is 7.24. The van der Waals surface area contributed by atoms with E-state index in [9.17, 15) is 0 Å². The van der Waals surface area contributed by atoms with Crippen molar-refractivity contribution in [1.82, 2.24) is 5.43 Å². The van der Waals surface area contributed by atoms with Crippen LogP contribution in [0.2, 0.25) is 0 Å². The maximum Gasteiger partial charge on any atom is 0.0267 e. The zero-order chi connectivity index (χ0) is 13.1. The number of hydrogen-bond acceptors (Lipinski definition) is 2. The van der Waals surface area contributed by atoms with Crippen LogP contribution in [-0.2, 0) is 0 Å². The van der Waals surface area contributed by atoms with E-state index in [2.05, 4.69) is 26.2 Å². The fourth-order valence-corrected chi connectivity index (χ4v) is 4.22. The third-order valence-electron chi connectivity index (χ3n) is 5.91. The monoisotopic (exact) mass is 252 g/mol. The Morgan fingerprint density at radius 3 is 2.00 bits per heavy atom. The Hall–Kier alpha value is -0.0800. The van der Waals surface area contributed by atoms with Gasteiger partial charge in [-0.05, 0) is 55.3 Å². The zero-order valence-electron chi connectivity index (χ0n) is 12.5. The van der Waals surface area contributed by atoms with E-state index in [0.29, 0.717) is 6.04 Å². The second kappa shape index (κ2) is 6.38. The van der Waals surface area contributed by atoms with Crippen molar-refractivity contribution >= 4 is 0 Å². The van der Waals surface area contributed by atoms with Crippen molar-refractivity contribution in [2.75, 3.05) is 0 Å². The summed E-state index contributed by atoms with van der Waals surface area (Å²) in [6.45, 7) is 7.23. The second-order valence-electron chi connectivity index (χ2n) is 7.24. The molecule has 0 aromatic rings. The van der Waals surface area contributed by atoms with E-state index in [0.717, 1.165) is 29.6 Å². The molecular weight excluding hydrogens is 220 g/mol. The van der Waals surface area contributed by atoms with Gasteiger partial charge in [-0.1, -0.05) is 40.0 Å². The van der Waals surface area contributed by atoms with Crippen molar-refractivity contribution in [2.24, 2.45) is 35.4 Å². The Morgan fingerprint density at radius 1 is 0.833 bits per heavy atom. The first-order chi connectivity index (χ1) is 8.61. The van der Waals surface area contributed by atoms with Gasteiger partial charge in [-0.3, -0.25) is 11.3 Å². The number of nitrogens with one attached hydrogen (secondary N) is 1. The van der Waals surface area contributed by atoms with E-state index < -0.39 is 0 Å². The van der Waals surface area contributed by atoms with E-state index >= 15 is 0 Å². The van der Waals surface area contributed by atoms with Crippen LogP contribution in [0, 0.1) is 29.6 Å². The summed E-state index contributed by atoms with van der Waals surface area (Å²) in [4.78, 5) is 0. The lowest BCUT2D eigenvalue weighted by atomic mass is 9.68. The minimum atomic E-state index is 0.576. The average Bonchev–Trinajstić information content (AvgIpc) is 2.37. The SMILES string of the molecule is CC1CCC(C(NN)C2CCC(C)C(C)C2)CC1. The molecule has 2 heteroatoms. The summed E-state index contributed by atoms with van der Waals surface area (Å²) in [6, 6.07) is 0.576. The van der Waals surface area contributed by atoms with E-state index in [1.165, 1.54) is 44.9 Å². The standard InChI is InChI=1S/C16H32N2/c1-11-4-7-14(8-5-11)16(18-17)15-9-6-12(2)13(3)10-15/h11-16,18H,4-10,17H2,1-3H3. The largest absolute Gasteiger partial charge is 0.271 e. The van der Waals surface area contributed by atoms with Gasteiger partial charge in [-0.25, -0.2) is 0 Å². The van der Waals surface area contributed by atoms with Gasteiger partial charge in [0.2, 0.25) is 0 Å². The number of rotatable bonds is 3. The Kier molecular flexibility index (Phi) is 5.08. The van der Waals surface area contributed by atoms with E-state index in [1.807, 2.05) is 0 Å². The van der Waals surface area contributed by atoms with Gasteiger partial charge in [0.1, 0.15) is 0 Å². The van der Waals surface area contributed by atoms with Gasteiger partial charge in [0, 0.05) is 6.04 Å². The van der Waals surface area contributed by atoms with Crippen LogP contribution in [0.25, 0.3) is 0 Å². The molecule has 3 N–H and O–H groups in total. The molecule has 0 saturated heterocycles. The third-order valence-corrected chi connectivity index (χ3v) is 5.91. The van der Waals surface area contributed by atoms with Crippen LogP contribution in [0.3, 0.4) is 0 Å². The highest BCUT2D eigenvalue weighted by Gasteiger charge is 2.35. The van der Waals surface area contributed by atoms with Gasteiger partial charge in [-0.2, -0.15) is 0 Å². The first-order valence-corrected chi connectivity index (χ1v) is 8.08. The van der Waals surface area contributed by atoms with Gasteiger partial charge < -0.3 is 0 Å². The average molecular weight is 252 g/mol. The number of hydrogen-bond donors (Lipinski definition) is 2. The molecule has 0 amide bonds. The van der Waals surface area contributed by atoms with Crippen LogP contribution in [0.5, 0.6) is 0 Å². The van der Waals surface area contributed by atoms with Crippen LogP contribution >= 0.6 is 0 Å². The topological polar surface area (TPSA) is 38.0 Å². The Bertz CT molecular complexity index is 245. The van der Waals surface area contributed by atoms with Crippen LogP contribution in [0.15, 0.2) is 0 Å². The van der Waals surface area contributed by atoms with Gasteiger partial charge in [0.25, 0.3) is 0 Å². The molecular formula is C16H32N2. The lowest BCUT2D eigenvalue weighted by molar-refractivity contribution is 0.117. The van der Waals surface area contributed by atoms with E-state index in [-0.39, 0.29) is 0 Å². The molecule has 4 unspecified atom stereocenters. The van der Waals surface area contributed by atoms with Crippen LogP contribution in [0.1, 0.15) is 65.7 Å². The third kappa shape index (κ3) is 3.27. The quantitative estimate of drug-likeness (QED) is 0.593. The highest BCUT2D eigenvalue weighted by Crippen LogP contribution is 2.40. The van der Waals surface area contributed by atoms with Crippen molar-refractivity contribution in [3.63, 3.8) is 0 Å². The van der Waals surface area contributed by atoms with Gasteiger partial charge >= 0.3 is 0 Å². The van der Waals surface area contributed by atoms with Gasteiger partial charge in [-0.15, -0.1) is 0 Å². The lowest BCUT2D eigenvalue weighted by Gasteiger charge is -2.41. The Labute approximate surface area is 113 Å². The predicted molar refractivity (Wildman–Crippen MR) is 77.9 cm³/mol. The van der Waals surface area contributed by atoms with Crippen molar-refractivity contribution in [1.29, 1.82) is 0 Å². The molecule has 4 atom stereocenters.